The van der Waals surface area contributed by atoms with Crippen LogP contribution in [0.3, 0.4) is 0 Å². The topological polar surface area (TPSA) is 115 Å². The zero-order valence-electron chi connectivity index (χ0n) is 22.3. The largest absolute Gasteiger partial charge is 0.497 e. The number of carboxylic acids is 2. The number of piperazine rings is 1. The van der Waals surface area contributed by atoms with Gasteiger partial charge in [-0.3, -0.25) is 4.99 Å². The Bertz CT molecular complexity index is 1290. The lowest BCUT2D eigenvalue weighted by atomic mass is 10.1. The Kier molecular flexibility index (Phi) is 11.0. The van der Waals surface area contributed by atoms with Crippen molar-refractivity contribution >= 4 is 29.3 Å². The molecule has 0 bridgehead atoms. The van der Waals surface area contributed by atoms with Gasteiger partial charge >= 0.3 is 18.1 Å². The van der Waals surface area contributed by atoms with Crippen molar-refractivity contribution in [1.29, 1.82) is 0 Å². The Hall–Kier alpha value is -4.74. The van der Waals surface area contributed by atoms with Crippen molar-refractivity contribution in [3.05, 3.63) is 90.0 Å². The highest BCUT2D eigenvalue weighted by atomic mass is 19.4. The number of nitrogens with one attached hydrogen (secondary N) is 1. The van der Waals surface area contributed by atoms with Crippen LogP contribution in [0.5, 0.6) is 5.75 Å². The summed E-state index contributed by atoms with van der Waals surface area (Å²) in [4.78, 5) is 29.6. The molecule has 1 aliphatic heterocycles. The number of hydrogen-bond donors (Lipinski definition) is 3. The molecule has 0 aromatic heterocycles. The molecule has 0 unspecified atom stereocenters. The number of guanidine groups is 1. The molecule has 12 heteroatoms. The number of benzene rings is 3. The van der Waals surface area contributed by atoms with Gasteiger partial charge in [-0.25, -0.2) is 9.59 Å². The summed E-state index contributed by atoms with van der Waals surface area (Å²) < 4.78 is 37.0. The number of aromatic carboxylic acids is 1. The number of rotatable bonds is 7. The summed E-state index contributed by atoms with van der Waals surface area (Å²) in [6, 6.07) is 25.2. The Labute approximate surface area is 235 Å². The van der Waals surface area contributed by atoms with Gasteiger partial charge in [0, 0.05) is 44.1 Å². The van der Waals surface area contributed by atoms with Crippen LogP contribution in [-0.4, -0.2) is 79.0 Å². The number of aliphatic imine (C=N–C) groups is 1. The normalized spacial score (nSPS) is 13.6. The van der Waals surface area contributed by atoms with Crippen molar-refractivity contribution in [3.8, 4) is 5.75 Å². The maximum absolute atomic E-state index is 11.2. The number of hydrogen-bond acceptors (Lipinski definition) is 5. The molecule has 1 heterocycles. The molecule has 218 valence electrons. The van der Waals surface area contributed by atoms with Crippen LogP contribution in [0.1, 0.15) is 15.9 Å². The highest BCUT2D eigenvalue weighted by Crippen LogP contribution is 2.21. The van der Waals surface area contributed by atoms with Crippen LogP contribution in [-0.2, 0) is 11.2 Å². The van der Waals surface area contributed by atoms with Gasteiger partial charge in [0.25, 0.3) is 0 Å². The maximum Gasteiger partial charge on any atom is 0.490 e. The van der Waals surface area contributed by atoms with Crippen molar-refractivity contribution in [3.63, 3.8) is 0 Å². The third kappa shape index (κ3) is 9.75. The molecule has 1 saturated heterocycles. The predicted molar refractivity (Wildman–Crippen MR) is 150 cm³/mol. The first-order valence-electron chi connectivity index (χ1n) is 12.7. The minimum atomic E-state index is -5.08. The fraction of sp³-hybridized carbons (Fsp3) is 0.276. The molecular formula is C29H31F3N4O5. The molecule has 0 radical (unpaired) electrons. The zero-order valence-corrected chi connectivity index (χ0v) is 22.3. The van der Waals surface area contributed by atoms with Gasteiger partial charge in [0.2, 0.25) is 0 Å². The average Bonchev–Trinajstić information content (AvgIpc) is 2.97. The molecule has 3 aromatic carbocycles. The van der Waals surface area contributed by atoms with Crippen molar-refractivity contribution in [2.45, 2.75) is 12.6 Å². The van der Waals surface area contributed by atoms with Crippen LogP contribution in [0.15, 0.2) is 83.9 Å². The molecule has 3 N–H and O–H groups in total. The van der Waals surface area contributed by atoms with Crippen molar-refractivity contribution in [1.82, 2.24) is 4.90 Å². The van der Waals surface area contributed by atoms with Crippen LogP contribution in [0.25, 0.3) is 0 Å². The molecule has 0 saturated carbocycles. The molecule has 0 atom stereocenters. The maximum atomic E-state index is 11.2. The van der Waals surface area contributed by atoms with Crippen LogP contribution < -0.4 is 15.0 Å². The molecule has 9 nitrogen and oxygen atoms in total. The van der Waals surface area contributed by atoms with E-state index in [0.29, 0.717) is 6.54 Å². The van der Waals surface area contributed by atoms with E-state index in [9.17, 15) is 18.0 Å². The molecule has 0 spiro atoms. The summed E-state index contributed by atoms with van der Waals surface area (Å²) in [5.74, 6) is -2.02. The minimum absolute atomic E-state index is 0.265. The number of halogens is 3. The number of carbonyl (C=O) groups is 2. The Morgan fingerprint density at radius 2 is 1.49 bits per heavy atom. The molecule has 0 aliphatic carbocycles. The third-order valence-electron chi connectivity index (χ3n) is 6.15. The predicted octanol–water partition coefficient (Wildman–Crippen LogP) is 4.86. The van der Waals surface area contributed by atoms with Gasteiger partial charge in [-0.1, -0.05) is 30.3 Å². The van der Waals surface area contributed by atoms with Crippen molar-refractivity contribution < 1.29 is 37.7 Å². The van der Waals surface area contributed by atoms with Crippen LogP contribution >= 0.6 is 0 Å². The molecule has 1 fully saturated rings. The average molecular weight is 573 g/mol. The summed E-state index contributed by atoms with van der Waals surface area (Å²) >= 11 is 0. The number of aliphatic carboxylic acids is 1. The van der Waals surface area contributed by atoms with Gasteiger partial charge in [-0.15, -0.1) is 0 Å². The SMILES string of the molecule is COc1ccc(N2CCN(C(=NCCc3ccccc3)Nc3ccc(C(=O)O)cc3)CC2)cc1.O=C(O)C(F)(F)F. The summed E-state index contributed by atoms with van der Waals surface area (Å²) in [6.45, 7) is 4.08. The van der Waals surface area contributed by atoms with E-state index in [1.54, 1.807) is 31.4 Å². The van der Waals surface area contributed by atoms with Crippen LogP contribution in [0, 0.1) is 0 Å². The van der Waals surface area contributed by atoms with Crippen LogP contribution in [0.4, 0.5) is 24.5 Å². The summed E-state index contributed by atoms with van der Waals surface area (Å²) in [5.41, 5.74) is 3.52. The lowest BCUT2D eigenvalue weighted by Gasteiger charge is -2.37. The standard InChI is InChI=1S/C27H30N4O3.C2HF3O2/c1-34-25-13-11-24(12-14-25)30-17-19-31(20-18-30)27(28-16-15-21-5-3-2-4-6-21)29-23-9-7-22(8-10-23)26(32)33;3-2(4,5)1(6)7/h2-14H,15-20H2,1H3,(H,28,29)(H,32,33);(H,6,7). The smallest absolute Gasteiger partial charge is 0.490 e. The molecule has 4 rings (SSSR count). The lowest BCUT2D eigenvalue weighted by Crippen LogP contribution is -2.50. The lowest BCUT2D eigenvalue weighted by molar-refractivity contribution is -0.192. The quantitative estimate of drug-likeness (QED) is 0.272. The highest BCUT2D eigenvalue weighted by Gasteiger charge is 2.38. The second-order valence-corrected chi connectivity index (χ2v) is 8.92. The molecular weight excluding hydrogens is 541 g/mol. The van der Waals surface area contributed by atoms with E-state index in [0.717, 1.165) is 50.0 Å². The van der Waals surface area contributed by atoms with Crippen molar-refractivity contribution in [2.24, 2.45) is 4.99 Å². The molecule has 0 amide bonds. The minimum Gasteiger partial charge on any atom is -0.497 e. The number of methoxy groups -OCH3 is 1. The van der Waals surface area contributed by atoms with Gasteiger partial charge in [-0.05, 0) is 60.5 Å². The summed E-state index contributed by atoms with van der Waals surface area (Å²) in [5, 5.41) is 19.7. The fourth-order valence-corrected chi connectivity index (χ4v) is 3.95. The number of alkyl halides is 3. The van der Waals surface area contributed by atoms with E-state index < -0.39 is 18.1 Å². The van der Waals surface area contributed by atoms with Gasteiger partial charge in [0.15, 0.2) is 5.96 Å². The first kappa shape index (κ1) is 30.8. The number of carboxylic acid groups (broad SMARTS) is 2. The van der Waals surface area contributed by atoms with E-state index >= 15 is 0 Å². The van der Waals surface area contributed by atoms with Gasteiger partial charge < -0.3 is 30.1 Å². The molecule has 3 aromatic rings. The zero-order chi connectivity index (χ0) is 29.8. The van der Waals surface area contributed by atoms with Gasteiger partial charge in [0.05, 0.1) is 12.7 Å². The number of ether oxygens (including phenoxy) is 1. The van der Waals surface area contributed by atoms with E-state index in [4.69, 9.17) is 24.7 Å². The summed E-state index contributed by atoms with van der Waals surface area (Å²) in [7, 11) is 1.68. The van der Waals surface area contributed by atoms with E-state index in [1.165, 1.54) is 11.3 Å². The third-order valence-corrected chi connectivity index (χ3v) is 6.15. The first-order chi connectivity index (χ1) is 19.6. The van der Waals surface area contributed by atoms with Crippen molar-refractivity contribution in [2.75, 3.05) is 50.1 Å². The first-order valence-corrected chi connectivity index (χ1v) is 12.7. The number of nitrogens with zero attached hydrogens (tertiary/aromatic N) is 3. The Morgan fingerprint density at radius 1 is 0.902 bits per heavy atom. The fourth-order valence-electron chi connectivity index (χ4n) is 3.95. The second kappa shape index (κ2) is 14.6. The van der Waals surface area contributed by atoms with E-state index in [1.807, 2.05) is 30.3 Å². The highest BCUT2D eigenvalue weighted by molar-refractivity contribution is 5.95. The Balaban J connectivity index is 0.000000587. The molecule has 1 aliphatic rings. The van der Waals surface area contributed by atoms with E-state index in [-0.39, 0.29) is 5.56 Å². The Morgan fingerprint density at radius 3 is 2.00 bits per heavy atom. The molecule has 41 heavy (non-hydrogen) atoms. The summed E-state index contributed by atoms with van der Waals surface area (Å²) in [6.07, 6.45) is -4.23. The van der Waals surface area contributed by atoms with Crippen LogP contribution in [0.2, 0.25) is 0 Å². The van der Waals surface area contributed by atoms with Gasteiger partial charge in [-0.2, -0.15) is 13.2 Å². The number of anilines is 2. The van der Waals surface area contributed by atoms with Gasteiger partial charge in [0.1, 0.15) is 5.75 Å². The van der Waals surface area contributed by atoms with E-state index in [2.05, 4.69) is 39.4 Å². The monoisotopic (exact) mass is 572 g/mol. The second-order valence-electron chi connectivity index (χ2n) is 8.92.